The van der Waals surface area contributed by atoms with Crippen LogP contribution in [0.3, 0.4) is 0 Å². The highest BCUT2D eigenvalue weighted by Crippen LogP contribution is 2.23. The van der Waals surface area contributed by atoms with E-state index in [1.54, 1.807) is 30.3 Å². The maximum absolute atomic E-state index is 12.5. The number of amides is 1. The van der Waals surface area contributed by atoms with Gasteiger partial charge in [0, 0.05) is 41.9 Å². The Bertz CT molecular complexity index is 726. The van der Waals surface area contributed by atoms with Gasteiger partial charge < -0.3 is 14.9 Å². The Kier molecular flexibility index (Phi) is 5.17. The molecule has 1 saturated heterocycles. The van der Waals surface area contributed by atoms with Crippen molar-refractivity contribution >= 4 is 34.8 Å². The second-order valence-electron chi connectivity index (χ2n) is 5.80. The number of halogens is 2. The van der Waals surface area contributed by atoms with Gasteiger partial charge in [0.25, 0.3) is 0 Å². The molecule has 126 valence electrons. The average molecular weight is 365 g/mol. The van der Waals surface area contributed by atoms with Crippen molar-refractivity contribution in [3.8, 4) is 5.75 Å². The summed E-state index contributed by atoms with van der Waals surface area (Å²) in [5.41, 5.74) is 1.85. The number of carbonyl (C=O) groups is 1. The van der Waals surface area contributed by atoms with Gasteiger partial charge in [-0.3, -0.25) is 4.79 Å². The van der Waals surface area contributed by atoms with Gasteiger partial charge in [0.1, 0.15) is 5.75 Å². The lowest BCUT2D eigenvalue weighted by Gasteiger charge is -2.36. The standard InChI is InChI=1S/C18H18Cl2N2O2/c19-14-2-1-13(17(20)12-14)11-18(24)22-9-7-21(8-10-22)15-3-5-16(23)6-4-15/h1-6,12,23H,7-11H2. The largest absolute Gasteiger partial charge is 0.508 e. The maximum atomic E-state index is 12.5. The third-order valence-corrected chi connectivity index (χ3v) is 4.79. The van der Waals surface area contributed by atoms with Crippen LogP contribution in [-0.4, -0.2) is 42.1 Å². The summed E-state index contributed by atoms with van der Waals surface area (Å²) in [7, 11) is 0. The number of hydrogen-bond acceptors (Lipinski definition) is 3. The zero-order valence-corrected chi connectivity index (χ0v) is 14.6. The van der Waals surface area contributed by atoms with Gasteiger partial charge in [-0.1, -0.05) is 29.3 Å². The molecule has 0 radical (unpaired) electrons. The fourth-order valence-electron chi connectivity index (χ4n) is 2.82. The van der Waals surface area contributed by atoms with Crippen molar-refractivity contribution in [2.24, 2.45) is 0 Å². The van der Waals surface area contributed by atoms with Gasteiger partial charge in [-0.05, 0) is 42.0 Å². The highest BCUT2D eigenvalue weighted by molar-refractivity contribution is 6.35. The number of phenolic OH excluding ortho intramolecular Hbond substituents is 1. The lowest BCUT2D eigenvalue weighted by atomic mass is 10.1. The number of carbonyl (C=O) groups excluding carboxylic acids is 1. The molecule has 0 saturated carbocycles. The third-order valence-electron chi connectivity index (χ3n) is 4.20. The van der Waals surface area contributed by atoms with Crippen LogP contribution in [-0.2, 0) is 11.2 Å². The molecule has 3 rings (SSSR count). The molecule has 1 fully saturated rings. The van der Waals surface area contributed by atoms with Crippen molar-refractivity contribution in [2.75, 3.05) is 31.1 Å². The van der Waals surface area contributed by atoms with Crippen LogP contribution in [0.25, 0.3) is 0 Å². The van der Waals surface area contributed by atoms with Gasteiger partial charge in [0.05, 0.1) is 6.42 Å². The predicted octanol–water partition coefficient (Wildman–Crippen LogP) is 3.59. The molecule has 0 bridgehead atoms. The van der Waals surface area contributed by atoms with E-state index in [4.69, 9.17) is 23.2 Å². The normalized spacial score (nSPS) is 14.8. The summed E-state index contributed by atoms with van der Waals surface area (Å²) < 4.78 is 0. The van der Waals surface area contributed by atoms with Crippen LogP contribution in [0.15, 0.2) is 42.5 Å². The Hall–Kier alpha value is -1.91. The molecule has 1 amide bonds. The summed E-state index contributed by atoms with van der Waals surface area (Å²) in [4.78, 5) is 16.5. The van der Waals surface area contributed by atoms with E-state index >= 15 is 0 Å². The molecule has 1 aliphatic heterocycles. The minimum atomic E-state index is 0.0737. The second-order valence-corrected chi connectivity index (χ2v) is 6.64. The summed E-state index contributed by atoms with van der Waals surface area (Å²) in [6, 6.07) is 12.3. The number of aromatic hydroxyl groups is 1. The fourth-order valence-corrected chi connectivity index (χ4v) is 3.29. The van der Waals surface area contributed by atoms with E-state index < -0.39 is 0 Å². The first-order valence-electron chi connectivity index (χ1n) is 7.78. The lowest BCUT2D eigenvalue weighted by Crippen LogP contribution is -2.49. The Morgan fingerprint density at radius 1 is 1.00 bits per heavy atom. The highest BCUT2D eigenvalue weighted by atomic mass is 35.5. The van der Waals surface area contributed by atoms with Crippen LogP contribution in [0.5, 0.6) is 5.75 Å². The first-order valence-corrected chi connectivity index (χ1v) is 8.54. The number of anilines is 1. The molecule has 24 heavy (non-hydrogen) atoms. The molecular formula is C18H18Cl2N2O2. The molecule has 4 nitrogen and oxygen atoms in total. The molecule has 0 aliphatic carbocycles. The molecule has 2 aromatic rings. The van der Waals surface area contributed by atoms with Crippen LogP contribution < -0.4 is 4.90 Å². The fraction of sp³-hybridized carbons (Fsp3) is 0.278. The zero-order chi connectivity index (χ0) is 17.1. The molecule has 1 heterocycles. The smallest absolute Gasteiger partial charge is 0.227 e. The van der Waals surface area contributed by atoms with Crippen molar-refractivity contribution < 1.29 is 9.90 Å². The monoisotopic (exact) mass is 364 g/mol. The van der Waals surface area contributed by atoms with Crippen molar-refractivity contribution in [2.45, 2.75) is 6.42 Å². The Morgan fingerprint density at radius 2 is 1.67 bits per heavy atom. The molecule has 0 unspecified atom stereocenters. The lowest BCUT2D eigenvalue weighted by molar-refractivity contribution is -0.130. The van der Waals surface area contributed by atoms with Crippen molar-refractivity contribution in [3.05, 3.63) is 58.1 Å². The van der Waals surface area contributed by atoms with E-state index in [0.717, 1.165) is 24.3 Å². The minimum Gasteiger partial charge on any atom is -0.508 e. The molecule has 1 N–H and O–H groups in total. The van der Waals surface area contributed by atoms with Crippen LogP contribution in [0.4, 0.5) is 5.69 Å². The summed E-state index contributed by atoms with van der Waals surface area (Å²) in [6.45, 7) is 2.88. The summed E-state index contributed by atoms with van der Waals surface area (Å²) in [5, 5.41) is 10.5. The summed E-state index contributed by atoms with van der Waals surface area (Å²) in [5.74, 6) is 0.331. The van der Waals surface area contributed by atoms with Crippen LogP contribution >= 0.6 is 23.2 Å². The van der Waals surface area contributed by atoms with E-state index in [-0.39, 0.29) is 18.1 Å². The quantitative estimate of drug-likeness (QED) is 0.904. The first-order chi connectivity index (χ1) is 11.5. The zero-order valence-electron chi connectivity index (χ0n) is 13.1. The number of piperazine rings is 1. The van der Waals surface area contributed by atoms with Gasteiger partial charge in [0.2, 0.25) is 5.91 Å². The number of rotatable bonds is 3. The van der Waals surface area contributed by atoms with Gasteiger partial charge in [-0.25, -0.2) is 0 Å². The van der Waals surface area contributed by atoms with E-state index in [1.165, 1.54) is 0 Å². The van der Waals surface area contributed by atoms with Crippen molar-refractivity contribution in [1.29, 1.82) is 0 Å². The number of nitrogens with zero attached hydrogens (tertiary/aromatic N) is 2. The van der Waals surface area contributed by atoms with Gasteiger partial charge >= 0.3 is 0 Å². The van der Waals surface area contributed by atoms with Crippen LogP contribution in [0.2, 0.25) is 10.0 Å². The molecule has 0 spiro atoms. The number of benzene rings is 2. The number of hydrogen-bond donors (Lipinski definition) is 1. The molecule has 0 aromatic heterocycles. The molecule has 2 aromatic carbocycles. The Labute approximate surface area is 151 Å². The summed E-state index contributed by atoms with van der Waals surface area (Å²) >= 11 is 12.0. The van der Waals surface area contributed by atoms with Gasteiger partial charge in [0.15, 0.2) is 0 Å². The van der Waals surface area contributed by atoms with Crippen molar-refractivity contribution in [3.63, 3.8) is 0 Å². The first kappa shape index (κ1) is 16.9. The van der Waals surface area contributed by atoms with Gasteiger partial charge in [-0.15, -0.1) is 0 Å². The van der Waals surface area contributed by atoms with E-state index in [0.29, 0.717) is 23.1 Å². The highest BCUT2D eigenvalue weighted by Gasteiger charge is 2.22. The third kappa shape index (κ3) is 3.94. The molecular weight excluding hydrogens is 347 g/mol. The topological polar surface area (TPSA) is 43.8 Å². The molecule has 6 heteroatoms. The molecule has 0 atom stereocenters. The van der Waals surface area contributed by atoms with Crippen LogP contribution in [0.1, 0.15) is 5.56 Å². The second kappa shape index (κ2) is 7.32. The Morgan fingerprint density at radius 3 is 2.29 bits per heavy atom. The van der Waals surface area contributed by atoms with Crippen LogP contribution in [0, 0.1) is 0 Å². The molecule has 1 aliphatic rings. The van der Waals surface area contributed by atoms with E-state index in [9.17, 15) is 9.90 Å². The number of phenols is 1. The Balaban J connectivity index is 1.58. The predicted molar refractivity (Wildman–Crippen MR) is 97.1 cm³/mol. The average Bonchev–Trinajstić information content (AvgIpc) is 2.58. The SMILES string of the molecule is O=C(Cc1ccc(Cl)cc1Cl)N1CCN(c2ccc(O)cc2)CC1. The van der Waals surface area contributed by atoms with E-state index in [2.05, 4.69) is 4.90 Å². The maximum Gasteiger partial charge on any atom is 0.227 e. The van der Waals surface area contributed by atoms with Gasteiger partial charge in [-0.2, -0.15) is 0 Å². The van der Waals surface area contributed by atoms with E-state index in [1.807, 2.05) is 17.0 Å². The summed E-state index contributed by atoms with van der Waals surface area (Å²) in [6.07, 6.45) is 0.287. The minimum absolute atomic E-state index is 0.0737. The van der Waals surface area contributed by atoms with Crippen molar-refractivity contribution in [1.82, 2.24) is 4.90 Å².